The van der Waals surface area contributed by atoms with Gasteiger partial charge < -0.3 is 39.9 Å². The highest BCUT2D eigenvalue weighted by molar-refractivity contribution is 6.04. The van der Waals surface area contributed by atoms with E-state index in [1.807, 2.05) is 43.7 Å². The molecule has 5 heterocycles. The first-order valence-electron chi connectivity index (χ1n) is 24.7. The van der Waals surface area contributed by atoms with Crippen molar-refractivity contribution < 1.29 is 28.7 Å². The minimum atomic E-state index is -0.707. The maximum atomic E-state index is 13.9. The van der Waals surface area contributed by atoms with E-state index >= 15 is 0 Å². The lowest BCUT2D eigenvalue weighted by Crippen LogP contribution is -2.51. The van der Waals surface area contributed by atoms with E-state index in [1.54, 1.807) is 0 Å². The minimum Gasteiger partial charge on any atom is -0.453 e. The lowest BCUT2D eigenvalue weighted by Gasteiger charge is -2.30. The number of nitrogens with zero attached hydrogens (tertiary/aromatic N) is 5. The molecule has 2 saturated heterocycles. The largest absolute Gasteiger partial charge is 0.453 e. The molecule has 3 aromatic heterocycles. The van der Waals surface area contributed by atoms with Gasteiger partial charge in [-0.1, -0.05) is 83.0 Å². The Balaban J connectivity index is 0.964. The number of hydrogen-bond acceptors (Lipinski definition) is 9. The van der Waals surface area contributed by atoms with Gasteiger partial charge in [-0.2, -0.15) is 0 Å². The van der Waals surface area contributed by atoms with Gasteiger partial charge in [0.2, 0.25) is 11.8 Å². The van der Waals surface area contributed by atoms with Crippen LogP contribution in [0.15, 0.2) is 67.0 Å². The number of aromatic nitrogens is 5. The molecule has 2 aliphatic heterocycles. The first kappa shape index (κ1) is 46.0. The van der Waals surface area contributed by atoms with Crippen molar-refractivity contribution in [3.05, 3.63) is 89.8 Å². The maximum absolute atomic E-state index is 13.9. The third-order valence-corrected chi connectivity index (χ3v) is 15.4. The number of benzene rings is 3. The Morgan fingerprint density at radius 1 is 0.681 bits per heavy atom. The van der Waals surface area contributed by atoms with E-state index in [0.29, 0.717) is 13.1 Å². The molecular formula is C54H63N9O6. The van der Waals surface area contributed by atoms with Crippen LogP contribution in [0.5, 0.6) is 0 Å². The van der Waals surface area contributed by atoms with Crippen LogP contribution in [0.2, 0.25) is 0 Å². The van der Waals surface area contributed by atoms with E-state index in [-0.39, 0.29) is 41.1 Å². The van der Waals surface area contributed by atoms with E-state index in [0.717, 1.165) is 106 Å². The molecule has 2 aliphatic carbocycles. The van der Waals surface area contributed by atoms with Crippen molar-refractivity contribution in [3.63, 3.8) is 0 Å². The highest BCUT2D eigenvalue weighted by Crippen LogP contribution is 2.53. The van der Waals surface area contributed by atoms with Crippen LogP contribution in [0.1, 0.15) is 114 Å². The normalized spacial score (nSPS) is 19.5. The molecule has 4 aliphatic rings. The molecule has 0 bridgehead atoms. The highest BCUT2D eigenvalue weighted by atomic mass is 16.5. The van der Waals surface area contributed by atoms with Crippen molar-refractivity contribution in [1.29, 1.82) is 0 Å². The average Bonchev–Trinajstić information content (AvgIpc) is 4.23. The Morgan fingerprint density at radius 3 is 1.90 bits per heavy atom. The molecular weight excluding hydrogens is 871 g/mol. The van der Waals surface area contributed by atoms with Gasteiger partial charge in [-0.15, -0.1) is 0 Å². The Hall–Kier alpha value is -6.77. The second kappa shape index (κ2) is 18.6. The summed E-state index contributed by atoms with van der Waals surface area (Å²) in [5.41, 5.74) is 10.9. The molecule has 69 heavy (non-hydrogen) atoms. The smallest absolute Gasteiger partial charge is 0.407 e. The summed E-state index contributed by atoms with van der Waals surface area (Å²) in [6, 6.07) is 17.4. The third-order valence-electron chi connectivity index (χ3n) is 15.4. The second-order valence-electron chi connectivity index (χ2n) is 20.4. The van der Waals surface area contributed by atoms with Gasteiger partial charge in [0, 0.05) is 36.0 Å². The number of nitrogens with one attached hydrogen (secondary N) is 4. The molecule has 10 rings (SSSR count). The minimum absolute atomic E-state index is 0.117. The summed E-state index contributed by atoms with van der Waals surface area (Å²) in [4.78, 5) is 78.3. The number of pyridine rings is 1. The number of likely N-dealkylation sites (tertiary alicyclic amines) is 2. The summed E-state index contributed by atoms with van der Waals surface area (Å²) in [5, 5.41) is 7.69. The van der Waals surface area contributed by atoms with Gasteiger partial charge in [-0.3, -0.25) is 14.6 Å². The maximum Gasteiger partial charge on any atom is 0.407 e. The van der Waals surface area contributed by atoms with E-state index in [4.69, 9.17) is 24.4 Å². The van der Waals surface area contributed by atoms with E-state index in [9.17, 15) is 19.2 Å². The van der Waals surface area contributed by atoms with Crippen LogP contribution < -0.4 is 10.6 Å². The van der Waals surface area contributed by atoms with Crippen molar-refractivity contribution in [2.24, 2.45) is 17.3 Å². The van der Waals surface area contributed by atoms with Crippen LogP contribution >= 0.6 is 0 Å². The Labute approximate surface area is 402 Å². The number of ether oxygens (including phenoxy) is 2. The van der Waals surface area contributed by atoms with Crippen LogP contribution in [0.3, 0.4) is 0 Å². The number of imidazole rings is 2. The van der Waals surface area contributed by atoms with E-state index in [1.165, 1.54) is 51.0 Å². The summed E-state index contributed by atoms with van der Waals surface area (Å²) in [6.45, 7) is 8.85. The molecule has 6 aromatic rings. The molecule has 4 N–H and O–H groups in total. The second-order valence-corrected chi connectivity index (χ2v) is 20.4. The number of alkyl carbamates (subject to hydrolysis) is 2. The van der Waals surface area contributed by atoms with Crippen LogP contribution in [0, 0.1) is 17.3 Å². The third kappa shape index (κ3) is 8.47. The summed E-state index contributed by atoms with van der Waals surface area (Å²) in [7, 11) is 2.61. The molecule has 4 atom stereocenters. The summed E-state index contributed by atoms with van der Waals surface area (Å²) in [6.07, 6.45) is 12.8. The fourth-order valence-corrected chi connectivity index (χ4v) is 11.9. The number of carbonyl (C=O) groups is 4. The van der Waals surface area contributed by atoms with Crippen LogP contribution in [0.25, 0.3) is 55.4 Å². The number of aromatic amines is 2. The van der Waals surface area contributed by atoms with Gasteiger partial charge >= 0.3 is 12.2 Å². The number of fused-ring (bicyclic) bond motifs is 3. The van der Waals surface area contributed by atoms with Crippen LogP contribution in [-0.4, -0.2) is 98.1 Å². The molecule has 1 saturated carbocycles. The molecule has 15 nitrogen and oxygen atoms in total. The highest BCUT2D eigenvalue weighted by Gasteiger charge is 2.43. The SMILES string of the molecule is COC(=O)N[C@H](C(=O)N1CCC[C@H]1c1ncc(-c2ccc(-c3ncc(-c4ccc5nc([C@@H]6CCCN6C(=O)[C@@H](NC(=O)OC)C(C)C)[nH]c5c4)c4c3CC3(CCCC3)C4)c3ccccc23)[nH]1)C(C)C. The van der Waals surface area contributed by atoms with Crippen molar-refractivity contribution in [1.82, 2.24) is 45.4 Å². The summed E-state index contributed by atoms with van der Waals surface area (Å²) < 4.78 is 9.67. The predicted octanol–water partition coefficient (Wildman–Crippen LogP) is 9.58. The van der Waals surface area contributed by atoms with Crippen molar-refractivity contribution in [3.8, 4) is 33.6 Å². The van der Waals surface area contributed by atoms with Crippen LogP contribution in [0.4, 0.5) is 9.59 Å². The molecule has 3 aromatic carbocycles. The molecule has 0 radical (unpaired) electrons. The average molecular weight is 934 g/mol. The van der Waals surface area contributed by atoms with Gasteiger partial charge in [0.05, 0.1) is 54.9 Å². The lowest BCUT2D eigenvalue weighted by atomic mass is 9.82. The van der Waals surface area contributed by atoms with E-state index in [2.05, 4.69) is 81.4 Å². The molecule has 3 fully saturated rings. The number of amides is 4. The standard InChI is InChI=1S/C54H63N9O6/c1-30(2)45(60-52(66)68-5)50(64)62-23-11-15-43(62)48-56-29-42(59-48)35-18-19-36(34-14-8-7-13-33(34)35)47-38-27-54(21-9-10-22-54)26-37(38)39(28-55-47)32-17-20-40-41(25-32)58-49(57-40)44-16-12-24-63(44)51(65)46(31(3)4)61-53(67)69-6/h7-8,13-14,17-20,25,28-31,43-46H,9-12,15-16,21-24,26-27H2,1-6H3,(H,56,59)(H,57,58)(H,60,66)(H,61,67)/t43-,44-,45-,46-/m0/s1. The fraction of sp³-hybridized carbons (Fsp3) is 0.463. The first-order chi connectivity index (χ1) is 33.4. The molecule has 360 valence electrons. The summed E-state index contributed by atoms with van der Waals surface area (Å²) >= 11 is 0. The quantitative estimate of drug-likeness (QED) is 0.0981. The van der Waals surface area contributed by atoms with Gasteiger partial charge in [-0.05, 0) is 108 Å². The Kier molecular flexibility index (Phi) is 12.4. The van der Waals surface area contributed by atoms with Crippen molar-refractivity contribution >= 4 is 45.8 Å². The number of H-pyrrole nitrogens is 2. The Bertz CT molecular complexity index is 2950. The molecule has 0 unspecified atom stereocenters. The first-order valence-corrected chi connectivity index (χ1v) is 24.7. The zero-order valence-corrected chi connectivity index (χ0v) is 40.5. The number of methoxy groups -OCH3 is 2. The molecule has 15 heteroatoms. The Morgan fingerprint density at radius 2 is 1.28 bits per heavy atom. The van der Waals surface area contributed by atoms with Gasteiger partial charge in [0.15, 0.2) is 0 Å². The number of carbonyl (C=O) groups excluding carboxylic acids is 4. The predicted molar refractivity (Wildman–Crippen MR) is 264 cm³/mol. The zero-order chi connectivity index (χ0) is 48.1. The van der Waals surface area contributed by atoms with Gasteiger partial charge in [0.1, 0.15) is 23.7 Å². The van der Waals surface area contributed by atoms with Crippen LogP contribution in [-0.2, 0) is 31.9 Å². The van der Waals surface area contributed by atoms with E-state index < -0.39 is 24.3 Å². The number of hydrogen-bond donors (Lipinski definition) is 4. The topological polar surface area (TPSA) is 188 Å². The number of rotatable bonds is 11. The summed E-state index contributed by atoms with van der Waals surface area (Å²) in [5.74, 6) is 0.970. The fourth-order valence-electron chi connectivity index (χ4n) is 11.9. The van der Waals surface area contributed by atoms with Crippen molar-refractivity contribution in [2.45, 2.75) is 116 Å². The lowest BCUT2D eigenvalue weighted by molar-refractivity contribution is -0.136. The van der Waals surface area contributed by atoms with Gasteiger partial charge in [0.25, 0.3) is 0 Å². The van der Waals surface area contributed by atoms with Gasteiger partial charge in [-0.25, -0.2) is 19.6 Å². The van der Waals surface area contributed by atoms with Crippen molar-refractivity contribution in [2.75, 3.05) is 27.3 Å². The molecule has 1 spiro atoms. The monoisotopic (exact) mass is 933 g/mol. The zero-order valence-electron chi connectivity index (χ0n) is 40.5. The molecule has 4 amide bonds.